The van der Waals surface area contributed by atoms with Crippen molar-refractivity contribution in [2.24, 2.45) is 23.5 Å². The number of carbonyl (C=O) groups excluding carboxylic acids is 10. The lowest BCUT2D eigenvalue weighted by Gasteiger charge is -2.30. The summed E-state index contributed by atoms with van der Waals surface area (Å²) in [6.45, 7) is 12.9. The first-order valence-electron chi connectivity index (χ1n) is 22.4. The summed E-state index contributed by atoms with van der Waals surface area (Å²) in [5.74, 6) is -11.8. The van der Waals surface area contributed by atoms with Crippen LogP contribution in [0.2, 0.25) is 0 Å². The Morgan fingerprint density at radius 3 is 1.62 bits per heavy atom. The van der Waals surface area contributed by atoms with Gasteiger partial charge >= 0.3 is 5.97 Å². The number of hydrogen-bond donors (Lipinski definition) is 14. The van der Waals surface area contributed by atoms with Gasteiger partial charge in [-0.1, -0.05) is 60.1 Å². The zero-order valence-electron chi connectivity index (χ0n) is 40.3. The highest BCUT2D eigenvalue weighted by molar-refractivity contribution is 7.80. The van der Waals surface area contributed by atoms with E-state index in [0.717, 1.165) is 0 Å². The number of nitrogens with two attached hydrogens (primary N) is 1. The second-order valence-electron chi connectivity index (χ2n) is 17.5. The maximum absolute atomic E-state index is 13.8. The molecule has 69 heavy (non-hydrogen) atoms. The van der Waals surface area contributed by atoms with Crippen molar-refractivity contribution in [3.05, 3.63) is 29.8 Å². The minimum Gasteiger partial charge on any atom is -0.508 e. The Labute approximate surface area is 406 Å². The van der Waals surface area contributed by atoms with Gasteiger partial charge in [0.25, 0.3) is 0 Å². The second-order valence-corrected chi connectivity index (χ2v) is 17.8. The van der Waals surface area contributed by atoms with E-state index in [1.807, 2.05) is 0 Å². The predicted molar refractivity (Wildman–Crippen MR) is 252 cm³/mol. The predicted octanol–water partition coefficient (Wildman–Crippen LogP) is -3.01. The molecule has 0 saturated heterocycles. The van der Waals surface area contributed by atoms with Gasteiger partial charge in [-0.15, -0.1) is 0 Å². The van der Waals surface area contributed by atoms with Crippen molar-refractivity contribution in [2.75, 3.05) is 12.3 Å². The molecule has 1 aromatic rings. The Kier molecular flexibility index (Phi) is 25.8. The Bertz CT molecular complexity index is 1990. The van der Waals surface area contributed by atoms with Gasteiger partial charge in [0.05, 0.1) is 19.1 Å². The van der Waals surface area contributed by atoms with Crippen LogP contribution >= 0.6 is 12.6 Å². The number of benzene rings is 1. The van der Waals surface area contributed by atoms with Crippen LogP contribution in [0.15, 0.2) is 24.3 Å². The molecule has 10 atom stereocenters. The highest BCUT2D eigenvalue weighted by atomic mass is 32.1. The minimum absolute atomic E-state index is 0.00272. The molecule has 0 bridgehead atoms. The van der Waals surface area contributed by atoms with E-state index in [2.05, 4.69) is 60.5 Å². The highest BCUT2D eigenvalue weighted by Gasteiger charge is 2.37. The number of amides is 10. The van der Waals surface area contributed by atoms with E-state index in [-0.39, 0.29) is 30.3 Å². The standard InChI is InChI=1S/C44H70N10O14S/c1-10-22(6)35(42(65)49-29(17-32(45)58)39(62)51-31(19-69)40(63)50-30(44(67)68)15-20(2)3)54-41(64)34(21(4)5)53-43(66)36(24(8)55)52-33(59)18-46-37(60)23(7)47-38(61)28(48-25(9)56)16-26-11-13-27(57)14-12-26/h11-14,20-24,28-31,34-36,55,57,69H,10,15-19H2,1-9H3,(H2,45,58)(H,46,60)(H,47,61)(H,48,56)(H,49,65)(H,50,63)(H,51,62)(H,52,59)(H,53,66)(H,54,64)(H,67,68)/t22-,23-,24+,28-,29-,30-,31-,34-,35-,36-/m0/s1. The number of aromatic hydroxyl groups is 1. The number of rotatable bonds is 29. The third-order valence-corrected chi connectivity index (χ3v) is 10.9. The zero-order chi connectivity index (χ0) is 52.9. The van der Waals surface area contributed by atoms with E-state index in [0.29, 0.717) is 12.0 Å². The Morgan fingerprint density at radius 1 is 0.623 bits per heavy atom. The molecule has 0 saturated carbocycles. The number of phenolic OH excluding ortho intramolecular Hbond substituents is 1. The average molecular weight is 995 g/mol. The van der Waals surface area contributed by atoms with E-state index in [4.69, 9.17) is 5.73 Å². The minimum atomic E-state index is -1.67. The summed E-state index contributed by atoms with van der Waals surface area (Å²) in [4.78, 5) is 142. The Hall–Kier alpha value is -6.50. The molecule has 1 aromatic carbocycles. The van der Waals surface area contributed by atoms with Gasteiger partial charge < -0.3 is 68.9 Å². The molecule has 0 unspecified atom stereocenters. The number of hydrogen-bond acceptors (Lipinski definition) is 14. The first kappa shape index (κ1) is 60.5. The van der Waals surface area contributed by atoms with Gasteiger partial charge in [0.2, 0.25) is 59.1 Å². The summed E-state index contributed by atoms with van der Waals surface area (Å²) in [5, 5.41) is 51.3. The SMILES string of the molecule is CC[C@H](C)[C@H](NC(=O)[C@@H](NC(=O)[C@@H](NC(=O)CNC(=O)[C@H](C)NC(=O)[C@H](Cc1ccc(O)cc1)NC(C)=O)[C@@H](C)O)C(C)C)C(=O)N[C@@H](CC(N)=O)C(=O)N[C@@H](CS)C(=O)N[C@@H](CC(C)C)C(=O)O. The summed E-state index contributed by atoms with van der Waals surface area (Å²) in [6, 6.07) is -5.21. The molecule has 0 radical (unpaired) electrons. The zero-order valence-corrected chi connectivity index (χ0v) is 41.2. The van der Waals surface area contributed by atoms with Gasteiger partial charge in [-0.3, -0.25) is 47.9 Å². The third kappa shape index (κ3) is 21.6. The fraction of sp³-hybridized carbons (Fsp3) is 0.614. The van der Waals surface area contributed by atoms with Gasteiger partial charge in [-0.05, 0) is 55.7 Å². The normalized spacial score (nSPS) is 15.4. The number of aliphatic hydroxyl groups is 1. The fourth-order valence-electron chi connectivity index (χ4n) is 6.48. The molecule has 0 fully saturated rings. The number of aliphatic carboxylic acids is 1. The van der Waals surface area contributed by atoms with Crippen LogP contribution in [0.3, 0.4) is 0 Å². The van der Waals surface area contributed by atoms with Crippen molar-refractivity contribution >= 4 is 77.7 Å². The van der Waals surface area contributed by atoms with Crippen molar-refractivity contribution in [3.63, 3.8) is 0 Å². The molecule has 0 aliphatic heterocycles. The van der Waals surface area contributed by atoms with Gasteiger partial charge in [-0.2, -0.15) is 12.6 Å². The molecule has 0 aliphatic rings. The summed E-state index contributed by atoms with van der Waals surface area (Å²) >= 11 is 4.09. The van der Waals surface area contributed by atoms with Crippen LogP contribution in [-0.2, 0) is 59.2 Å². The quantitative estimate of drug-likeness (QED) is 0.0356. The number of thiol groups is 1. The smallest absolute Gasteiger partial charge is 0.326 e. The van der Waals surface area contributed by atoms with Crippen LogP contribution in [0.5, 0.6) is 5.75 Å². The van der Waals surface area contributed by atoms with E-state index in [1.54, 1.807) is 53.7 Å². The Balaban J connectivity index is 3.09. The summed E-state index contributed by atoms with van der Waals surface area (Å²) in [7, 11) is 0. The molecule has 14 N–H and O–H groups in total. The number of nitrogens with one attached hydrogen (secondary N) is 9. The van der Waals surface area contributed by atoms with E-state index in [9.17, 15) is 68.1 Å². The second kappa shape index (κ2) is 29.4. The lowest BCUT2D eigenvalue weighted by atomic mass is 9.95. The number of carbonyl (C=O) groups is 11. The van der Waals surface area contributed by atoms with E-state index in [1.165, 1.54) is 32.9 Å². The van der Waals surface area contributed by atoms with Crippen LogP contribution in [0.4, 0.5) is 0 Å². The maximum atomic E-state index is 13.8. The summed E-state index contributed by atoms with van der Waals surface area (Å²) in [6.07, 6.45) is -1.89. The number of carboxylic acids is 1. The molecule has 24 nitrogen and oxygen atoms in total. The number of carboxylic acid groups (broad SMARTS) is 1. The molecule has 0 aliphatic carbocycles. The van der Waals surface area contributed by atoms with Crippen molar-refractivity contribution in [2.45, 2.75) is 142 Å². The monoisotopic (exact) mass is 994 g/mol. The molecule has 25 heteroatoms. The number of primary amides is 1. The molecule has 0 spiro atoms. The first-order chi connectivity index (χ1) is 32.1. The Morgan fingerprint density at radius 2 is 1.13 bits per heavy atom. The summed E-state index contributed by atoms with van der Waals surface area (Å²) in [5.41, 5.74) is 5.98. The van der Waals surface area contributed by atoms with Gasteiger partial charge in [0, 0.05) is 19.1 Å². The molecule has 0 aromatic heterocycles. The van der Waals surface area contributed by atoms with Crippen molar-refractivity contribution in [3.8, 4) is 5.75 Å². The van der Waals surface area contributed by atoms with Crippen LogP contribution < -0.4 is 53.6 Å². The third-order valence-electron chi connectivity index (χ3n) is 10.5. The van der Waals surface area contributed by atoms with Crippen LogP contribution in [-0.4, -0.2) is 147 Å². The lowest BCUT2D eigenvalue weighted by Crippen LogP contribution is -2.62. The fourth-order valence-corrected chi connectivity index (χ4v) is 6.74. The van der Waals surface area contributed by atoms with E-state index < -0.39 is 144 Å². The molecule has 1 rings (SSSR count). The lowest BCUT2D eigenvalue weighted by molar-refractivity contribution is -0.142. The maximum Gasteiger partial charge on any atom is 0.326 e. The van der Waals surface area contributed by atoms with Crippen LogP contribution in [0.25, 0.3) is 0 Å². The van der Waals surface area contributed by atoms with E-state index >= 15 is 0 Å². The van der Waals surface area contributed by atoms with Crippen LogP contribution in [0.1, 0.15) is 87.1 Å². The highest BCUT2D eigenvalue weighted by Crippen LogP contribution is 2.14. The van der Waals surface area contributed by atoms with Gasteiger partial charge in [-0.25, -0.2) is 4.79 Å². The summed E-state index contributed by atoms with van der Waals surface area (Å²) < 4.78 is 0. The van der Waals surface area contributed by atoms with Crippen molar-refractivity contribution in [1.82, 2.24) is 47.9 Å². The number of aliphatic hydroxyl groups excluding tert-OH is 1. The van der Waals surface area contributed by atoms with Gasteiger partial charge in [0.15, 0.2) is 0 Å². The molecule has 386 valence electrons. The largest absolute Gasteiger partial charge is 0.508 e. The molecule has 0 heterocycles. The van der Waals surface area contributed by atoms with Crippen LogP contribution in [0, 0.1) is 17.8 Å². The first-order valence-corrected chi connectivity index (χ1v) is 23.0. The molecule has 10 amide bonds. The topological polar surface area (TPSA) is 383 Å². The molecular weight excluding hydrogens is 925 g/mol. The van der Waals surface area contributed by atoms with Crippen molar-refractivity contribution < 1.29 is 68.1 Å². The van der Waals surface area contributed by atoms with Gasteiger partial charge in [0.1, 0.15) is 54.1 Å². The van der Waals surface area contributed by atoms with Crippen molar-refractivity contribution in [1.29, 1.82) is 0 Å². The molecular formula is C44H70N10O14S. The number of phenols is 1. The average Bonchev–Trinajstić information content (AvgIpc) is 3.25.